The van der Waals surface area contributed by atoms with Crippen molar-refractivity contribution in [2.45, 2.75) is 6.92 Å². The highest BCUT2D eigenvalue weighted by Gasteiger charge is 2.22. The van der Waals surface area contributed by atoms with E-state index >= 15 is 0 Å². The van der Waals surface area contributed by atoms with Crippen molar-refractivity contribution in [2.75, 3.05) is 11.1 Å². The van der Waals surface area contributed by atoms with Crippen molar-refractivity contribution in [1.82, 2.24) is 0 Å². The van der Waals surface area contributed by atoms with Crippen LogP contribution in [-0.4, -0.2) is 11.0 Å². The van der Waals surface area contributed by atoms with Gasteiger partial charge in [-0.1, -0.05) is 0 Å². The van der Waals surface area contributed by atoms with Gasteiger partial charge in [-0.3, -0.25) is 4.79 Å². The number of aryl methyl sites for hydroxylation is 1. The molecule has 2 aromatic rings. The third kappa shape index (κ3) is 2.76. The molecule has 0 saturated carbocycles. The van der Waals surface area contributed by atoms with Gasteiger partial charge in [-0.2, -0.15) is 4.39 Å². The second kappa shape index (κ2) is 5.35. The first-order valence-electron chi connectivity index (χ1n) is 5.85. The molecule has 0 bridgehead atoms. The fourth-order valence-electron chi connectivity index (χ4n) is 1.77. The zero-order valence-electron chi connectivity index (χ0n) is 10.9. The summed E-state index contributed by atoms with van der Waals surface area (Å²) in [5, 5.41) is 11.4. The maximum atomic E-state index is 13.6. The molecule has 4 N–H and O–H groups in total. The van der Waals surface area contributed by atoms with Crippen LogP contribution in [0.3, 0.4) is 0 Å². The van der Waals surface area contributed by atoms with E-state index in [1.165, 1.54) is 12.1 Å². The Morgan fingerprint density at radius 3 is 2.48 bits per heavy atom. The molecule has 1 amide bonds. The van der Waals surface area contributed by atoms with Gasteiger partial charge in [0.1, 0.15) is 0 Å². The minimum absolute atomic E-state index is 0.331. The molecular weight excluding hydrogens is 285 g/mol. The number of halogens is 3. The third-order valence-corrected chi connectivity index (χ3v) is 2.88. The maximum absolute atomic E-state index is 13.6. The maximum Gasteiger partial charge on any atom is 0.258 e. The lowest BCUT2D eigenvalue weighted by atomic mass is 10.1. The van der Waals surface area contributed by atoms with Crippen LogP contribution in [0.4, 0.5) is 24.5 Å². The number of benzene rings is 2. The van der Waals surface area contributed by atoms with E-state index in [1.54, 1.807) is 13.0 Å². The lowest BCUT2D eigenvalue weighted by molar-refractivity contribution is 0.102. The van der Waals surface area contributed by atoms with Gasteiger partial charge < -0.3 is 16.2 Å². The molecule has 0 aromatic heterocycles. The van der Waals surface area contributed by atoms with E-state index in [2.05, 4.69) is 5.32 Å². The number of aromatic hydroxyl groups is 1. The van der Waals surface area contributed by atoms with Crippen LogP contribution in [0, 0.1) is 24.4 Å². The van der Waals surface area contributed by atoms with Gasteiger partial charge >= 0.3 is 0 Å². The number of phenolic OH excluding ortho intramolecular Hbond substituents is 1. The number of hydrogen-bond acceptors (Lipinski definition) is 3. The number of nitrogen functional groups attached to an aromatic ring is 1. The van der Waals surface area contributed by atoms with Crippen LogP contribution in [0.2, 0.25) is 0 Å². The van der Waals surface area contributed by atoms with Gasteiger partial charge in [0.05, 0.1) is 5.56 Å². The van der Waals surface area contributed by atoms with E-state index in [1.807, 2.05) is 0 Å². The third-order valence-electron chi connectivity index (χ3n) is 2.88. The van der Waals surface area contributed by atoms with Gasteiger partial charge in [-0.05, 0) is 36.8 Å². The highest BCUT2D eigenvalue weighted by atomic mass is 19.2. The molecule has 0 atom stereocenters. The molecule has 0 aliphatic heterocycles. The number of anilines is 2. The molecule has 21 heavy (non-hydrogen) atoms. The van der Waals surface area contributed by atoms with E-state index in [-0.39, 0.29) is 0 Å². The Labute approximate surface area is 118 Å². The topological polar surface area (TPSA) is 75.3 Å². The fourth-order valence-corrected chi connectivity index (χ4v) is 1.77. The summed E-state index contributed by atoms with van der Waals surface area (Å²) in [6.07, 6.45) is 0. The highest BCUT2D eigenvalue weighted by molar-refractivity contribution is 6.05. The van der Waals surface area contributed by atoms with Crippen LogP contribution in [-0.2, 0) is 0 Å². The lowest BCUT2D eigenvalue weighted by Crippen LogP contribution is -2.15. The van der Waals surface area contributed by atoms with Crippen molar-refractivity contribution in [2.24, 2.45) is 0 Å². The molecule has 0 saturated heterocycles. The SMILES string of the molecule is Cc1cc(N)ccc1NC(=O)c1cc(F)c(F)c(O)c1F. The highest BCUT2D eigenvalue weighted by Crippen LogP contribution is 2.27. The van der Waals surface area contributed by atoms with Crippen LogP contribution >= 0.6 is 0 Å². The van der Waals surface area contributed by atoms with E-state index in [9.17, 15) is 18.0 Å². The van der Waals surface area contributed by atoms with Crippen LogP contribution in [0.15, 0.2) is 24.3 Å². The lowest BCUT2D eigenvalue weighted by Gasteiger charge is -2.10. The van der Waals surface area contributed by atoms with Crippen LogP contribution < -0.4 is 11.1 Å². The van der Waals surface area contributed by atoms with Crippen molar-refractivity contribution < 1.29 is 23.1 Å². The molecule has 4 nitrogen and oxygen atoms in total. The predicted molar refractivity (Wildman–Crippen MR) is 71.5 cm³/mol. The van der Waals surface area contributed by atoms with E-state index in [4.69, 9.17) is 10.8 Å². The second-order valence-electron chi connectivity index (χ2n) is 4.41. The molecular formula is C14H11F3N2O2. The number of carbonyl (C=O) groups is 1. The predicted octanol–water partition coefficient (Wildman–Crippen LogP) is 2.95. The summed E-state index contributed by atoms with van der Waals surface area (Å²) in [5.41, 5.74) is 6.16. The summed E-state index contributed by atoms with van der Waals surface area (Å²) < 4.78 is 39.7. The van der Waals surface area contributed by atoms with Gasteiger partial charge in [0.2, 0.25) is 5.82 Å². The quantitative estimate of drug-likeness (QED) is 0.589. The normalized spacial score (nSPS) is 10.5. The monoisotopic (exact) mass is 296 g/mol. The molecule has 0 aliphatic carbocycles. The molecule has 7 heteroatoms. The Bertz CT molecular complexity index is 733. The summed E-state index contributed by atoms with van der Waals surface area (Å²) in [7, 11) is 0. The average Bonchev–Trinajstić information content (AvgIpc) is 2.43. The van der Waals surface area contributed by atoms with Gasteiger partial charge in [0.15, 0.2) is 17.4 Å². The first-order valence-corrected chi connectivity index (χ1v) is 5.85. The first kappa shape index (κ1) is 14.7. The smallest absolute Gasteiger partial charge is 0.258 e. The molecule has 0 aliphatic rings. The summed E-state index contributed by atoms with van der Waals surface area (Å²) >= 11 is 0. The largest absolute Gasteiger partial charge is 0.503 e. The summed E-state index contributed by atoms with van der Waals surface area (Å²) in [4.78, 5) is 11.9. The first-order chi connectivity index (χ1) is 9.81. The summed E-state index contributed by atoms with van der Waals surface area (Å²) in [5.74, 6) is -7.34. The second-order valence-corrected chi connectivity index (χ2v) is 4.41. The Morgan fingerprint density at radius 2 is 1.86 bits per heavy atom. The number of hydrogen-bond donors (Lipinski definition) is 3. The number of phenols is 1. The number of nitrogens with one attached hydrogen (secondary N) is 1. The molecule has 2 aromatic carbocycles. The van der Waals surface area contributed by atoms with Crippen molar-refractivity contribution >= 4 is 17.3 Å². The van der Waals surface area contributed by atoms with Crippen LogP contribution in [0.25, 0.3) is 0 Å². The van der Waals surface area contributed by atoms with Crippen molar-refractivity contribution in [3.05, 3.63) is 52.8 Å². The van der Waals surface area contributed by atoms with Gasteiger partial charge in [-0.25, -0.2) is 8.78 Å². The van der Waals surface area contributed by atoms with Crippen molar-refractivity contribution in [1.29, 1.82) is 0 Å². The molecule has 110 valence electrons. The van der Waals surface area contributed by atoms with Gasteiger partial charge in [0.25, 0.3) is 5.91 Å². The molecule has 2 rings (SSSR count). The molecule has 0 unspecified atom stereocenters. The zero-order chi connectivity index (χ0) is 15.7. The summed E-state index contributed by atoms with van der Waals surface area (Å²) in [6, 6.07) is 4.96. The van der Waals surface area contributed by atoms with E-state index in [0.29, 0.717) is 23.0 Å². The zero-order valence-corrected chi connectivity index (χ0v) is 10.9. The number of rotatable bonds is 2. The Kier molecular flexibility index (Phi) is 3.75. The molecule has 0 fully saturated rings. The van der Waals surface area contributed by atoms with Gasteiger partial charge in [0, 0.05) is 11.4 Å². The van der Waals surface area contributed by atoms with Crippen LogP contribution in [0.5, 0.6) is 5.75 Å². The minimum atomic E-state index is -1.74. The molecule has 0 radical (unpaired) electrons. The molecule has 0 heterocycles. The Morgan fingerprint density at radius 1 is 1.19 bits per heavy atom. The Balaban J connectivity index is 2.37. The van der Waals surface area contributed by atoms with E-state index in [0.717, 1.165) is 0 Å². The minimum Gasteiger partial charge on any atom is -0.503 e. The average molecular weight is 296 g/mol. The van der Waals surface area contributed by atoms with Gasteiger partial charge in [-0.15, -0.1) is 0 Å². The van der Waals surface area contributed by atoms with Crippen LogP contribution in [0.1, 0.15) is 15.9 Å². The Hall–Kier alpha value is -2.70. The molecule has 0 spiro atoms. The number of nitrogens with two attached hydrogens (primary N) is 1. The summed E-state index contributed by atoms with van der Waals surface area (Å²) in [6.45, 7) is 1.66. The number of carbonyl (C=O) groups excluding carboxylic acids is 1. The number of amides is 1. The fraction of sp³-hybridized carbons (Fsp3) is 0.0714. The van der Waals surface area contributed by atoms with Crippen molar-refractivity contribution in [3.8, 4) is 5.75 Å². The van der Waals surface area contributed by atoms with E-state index < -0.39 is 34.7 Å². The standard InChI is InChI=1S/C14H11F3N2O2/c1-6-4-7(18)2-3-10(6)19-14(21)8-5-9(15)12(17)13(20)11(8)16/h2-5,20H,18H2,1H3,(H,19,21). The van der Waals surface area contributed by atoms with Crippen molar-refractivity contribution in [3.63, 3.8) is 0 Å².